The first kappa shape index (κ1) is 21.3. The van der Waals surface area contributed by atoms with Crippen molar-refractivity contribution >= 4 is 46.9 Å². The van der Waals surface area contributed by atoms with Crippen molar-refractivity contribution in [1.82, 2.24) is 10.6 Å². The lowest BCUT2D eigenvalue weighted by Gasteiger charge is -2.11. The number of fused-ring (bicyclic) bond motifs is 1. The molecule has 0 aliphatic carbocycles. The largest absolute Gasteiger partial charge is 0.466 e. The van der Waals surface area contributed by atoms with E-state index in [1.54, 1.807) is 7.05 Å². The summed E-state index contributed by atoms with van der Waals surface area (Å²) < 4.78 is 10.8. The number of hydrogen-bond acceptors (Lipinski definition) is 4. The number of guanidine groups is 1. The molecule has 0 bridgehead atoms. The van der Waals surface area contributed by atoms with Crippen molar-refractivity contribution < 1.29 is 13.9 Å². The van der Waals surface area contributed by atoms with E-state index in [1.165, 1.54) is 0 Å². The third-order valence-corrected chi connectivity index (χ3v) is 3.74. The van der Waals surface area contributed by atoms with Crippen LogP contribution in [-0.2, 0) is 16.1 Å². The molecule has 2 aromatic rings. The summed E-state index contributed by atoms with van der Waals surface area (Å²) >= 11 is 0. The number of esters is 1. The fourth-order valence-corrected chi connectivity index (χ4v) is 2.45. The molecular weight excluding hydrogens is 433 g/mol. The Morgan fingerprint density at radius 3 is 2.72 bits per heavy atom. The highest BCUT2D eigenvalue weighted by atomic mass is 127. The molecule has 0 aliphatic rings. The van der Waals surface area contributed by atoms with Crippen molar-refractivity contribution in [1.29, 1.82) is 0 Å². The van der Waals surface area contributed by atoms with Crippen LogP contribution in [0.5, 0.6) is 0 Å². The summed E-state index contributed by atoms with van der Waals surface area (Å²) in [6.45, 7) is 5.49. The SMILES string of the molecule is CCOC(=O)CCCNC(=NC)NCc1oc2ccccc2c1C.I. The first-order valence-electron chi connectivity index (χ1n) is 8.22. The summed E-state index contributed by atoms with van der Waals surface area (Å²) in [6, 6.07) is 7.99. The molecule has 1 heterocycles. The molecule has 25 heavy (non-hydrogen) atoms. The molecule has 138 valence electrons. The van der Waals surface area contributed by atoms with Gasteiger partial charge in [0.2, 0.25) is 0 Å². The smallest absolute Gasteiger partial charge is 0.305 e. The van der Waals surface area contributed by atoms with Gasteiger partial charge in [-0.3, -0.25) is 9.79 Å². The maximum absolute atomic E-state index is 11.3. The number of nitrogens with zero attached hydrogens (tertiary/aromatic N) is 1. The Labute approximate surface area is 165 Å². The zero-order valence-electron chi connectivity index (χ0n) is 14.9. The van der Waals surface area contributed by atoms with Gasteiger partial charge in [-0.05, 0) is 26.3 Å². The molecule has 0 fully saturated rings. The highest BCUT2D eigenvalue weighted by Crippen LogP contribution is 2.24. The summed E-state index contributed by atoms with van der Waals surface area (Å²) in [6.07, 6.45) is 1.10. The normalized spacial score (nSPS) is 11.1. The highest BCUT2D eigenvalue weighted by Gasteiger charge is 2.10. The van der Waals surface area contributed by atoms with Crippen LogP contribution in [0, 0.1) is 6.92 Å². The van der Waals surface area contributed by atoms with Gasteiger partial charge in [0.05, 0.1) is 13.2 Å². The molecule has 0 saturated heterocycles. The van der Waals surface area contributed by atoms with Crippen LogP contribution in [0.1, 0.15) is 31.1 Å². The fraction of sp³-hybridized carbons (Fsp3) is 0.444. The second kappa shape index (κ2) is 11.0. The summed E-state index contributed by atoms with van der Waals surface area (Å²) in [5.74, 6) is 1.41. The maximum Gasteiger partial charge on any atom is 0.305 e. The van der Waals surface area contributed by atoms with Gasteiger partial charge in [0.25, 0.3) is 0 Å². The van der Waals surface area contributed by atoms with E-state index in [2.05, 4.69) is 28.6 Å². The van der Waals surface area contributed by atoms with Gasteiger partial charge in [0.1, 0.15) is 11.3 Å². The average molecular weight is 459 g/mol. The Balaban J connectivity index is 0.00000312. The molecule has 1 aromatic heterocycles. The van der Waals surface area contributed by atoms with Crippen LogP contribution >= 0.6 is 24.0 Å². The predicted octanol–water partition coefficient (Wildman–Crippen LogP) is 3.37. The number of nitrogens with one attached hydrogen (secondary N) is 2. The van der Waals surface area contributed by atoms with Crippen LogP contribution in [0.15, 0.2) is 33.7 Å². The molecule has 0 radical (unpaired) electrons. The van der Waals surface area contributed by atoms with Crippen LogP contribution < -0.4 is 10.6 Å². The van der Waals surface area contributed by atoms with Gasteiger partial charge in [-0.2, -0.15) is 0 Å². The number of ether oxygens (including phenoxy) is 1. The molecule has 1 aromatic carbocycles. The Hall–Kier alpha value is -1.77. The fourth-order valence-electron chi connectivity index (χ4n) is 2.45. The van der Waals surface area contributed by atoms with E-state index in [0.717, 1.165) is 22.3 Å². The number of furan rings is 1. The number of rotatable bonds is 7. The molecule has 0 aliphatic heterocycles. The van der Waals surface area contributed by atoms with E-state index in [0.29, 0.717) is 38.5 Å². The minimum absolute atomic E-state index is 0. The first-order chi connectivity index (χ1) is 11.7. The lowest BCUT2D eigenvalue weighted by atomic mass is 10.1. The maximum atomic E-state index is 11.3. The Morgan fingerprint density at radius 2 is 2.04 bits per heavy atom. The van der Waals surface area contributed by atoms with E-state index in [9.17, 15) is 4.79 Å². The van der Waals surface area contributed by atoms with E-state index < -0.39 is 0 Å². The quantitative estimate of drug-likeness (QED) is 0.218. The van der Waals surface area contributed by atoms with Crippen LogP contribution in [0.3, 0.4) is 0 Å². The number of carbonyl (C=O) groups is 1. The number of aryl methyl sites for hydroxylation is 1. The minimum atomic E-state index is -0.167. The first-order valence-corrected chi connectivity index (χ1v) is 8.22. The molecule has 2 rings (SSSR count). The zero-order valence-corrected chi connectivity index (χ0v) is 17.3. The standard InChI is InChI=1S/C18H25N3O3.HI/c1-4-23-17(22)10-7-11-20-18(19-3)21-12-16-13(2)14-8-5-6-9-15(14)24-16;/h5-6,8-9H,4,7,10-12H2,1-3H3,(H2,19,20,21);1H. The van der Waals surface area contributed by atoms with Crippen LogP contribution in [0.2, 0.25) is 0 Å². The summed E-state index contributed by atoms with van der Waals surface area (Å²) in [7, 11) is 1.71. The van der Waals surface area contributed by atoms with Crippen molar-refractivity contribution in [2.24, 2.45) is 4.99 Å². The Morgan fingerprint density at radius 1 is 1.28 bits per heavy atom. The number of hydrogen-bond donors (Lipinski definition) is 2. The average Bonchev–Trinajstić information content (AvgIpc) is 2.91. The van der Waals surface area contributed by atoms with E-state index in [1.807, 2.05) is 25.1 Å². The third kappa shape index (κ3) is 6.22. The van der Waals surface area contributed by atoms with E-state index in [4.69, 9.17) is 9.15 Å². The van der Waals surface area contributed by atoms with E-state index >= 15 is 0 Å². The Kier molecular flexibility index (Phi) is 9.33. The molecule has 7 heteroatoms. The van der Waals surface area contributed by atoms with Crippen molar-refractivity contribution in [2.45, 2.75) is 33.2 Å². The molecule has 6 nitrogen and oxygen atoms in total. The van der Waals surface area contributed by atoms with Gasteiger partial charge in [-0.15, -0.1) is 24.0 Å². The molecule has 0 spiro atoms. The van der Waals surface area contributed by atoms with Gasteiger partial charge < -0.3 is 19.8 Å². The van der Waals surface area contributed by atoms with E-state index in [-0.39, 0.29) is 29.9 Å². The van der Waals surface area contributed by atoms with Crippen molar-refractivity contribution in [3.63, 3.8) is 0 Å². The minimum Gasteiger partial charge on any atom is -0.466 e. The van der Waals surface area contributed by atoms with Crippen LogP contribution in [0.4, 0.5) is 0 Å². The lowest BCUT2D eigenvalue weighted by Crippen LogP contribution is -2.37. The summed E-state index contributed by atoms with van der Waals surface area (Å²) in [5.41, 5.74) is 2.03. The molecule has 0 amide bonds. The predicted molar refractivity (Wildman–Crippen MR) is 110 cm³/mol. The second-order valence-corrected chi connectivity index (χ2v) is 5.41. The topological polar surface area (TPSA) is 75.9 Å². The molecule has 0 saturated carbocycles. The lowest BCUT2D eigenvalue weighted by molar-refractivity contribution is -0.143. The zero-order chi connectivity index (χ0) is 17.4. The van der Waals surface area contributed by atoms with Crippen molar-refractivity contribution in [3.8, 4) is 0 Å². The molecule has 0 unspecified atom stereocenters. The van der Waals surface area contributed by atoms with Gasteiger partial charge in [0, 0.05) is 31.0 Å². The number of halogens is 1. The Bertz CT molecular complexity index is 713. The second-order valence-electron chi connectivity index (χ2n) is 5.41. The number of aliphatic imine (C=N–C) groups is 1. The number of benzene rings is 1. The van der Waals surface area contributed by atoms with Crippen molar-refractivity contribution in [3.05, 3.63) is 35.6 Å². The molecule has 0 atom stereocenters. The highest BCUT2D eigenvalue weighted by molar-refractivity contribution is 14.0. The summed E-state index contributed by atoms with van der Waals surface area (Å²) in [5, 5.41) is 7.54. The monoisotopic (exact) mass is 459 g/mol. The van der Waals surface area contributed by atoms with Crippen molar-refractivity contribution in [2.75, 3.05) is 20.2 Å². The third-order valence-electron chi connectivity index (χ3n) is 3.74. The van der Waals surface area contributed by atoms with Crippen LogP contribution in [0.25, 0.3) is 11.0 Å². The summed E-state index contributed by atoms with van der Waals surface area (Å²) in [4.78, 5) is 15.5. The van der Waals surface area contributed by atoms with Gasteiger partial charge >= 0.3 is 5.97 Å². The molecule has 2 N–H and O–H groups in total. The molecular formula is C18H26IN3O3. The van der Waals surface area contributed by atoms with Crippen LogP contribution in [-0.4, -0.2) is 32.1 Å². The number of para-hydroxylation sites is 1. The van der Waals surface area contributed by atoms with Gasteiger partial charge in [-0.25, -0.2) is 0 Å². The van der Waals surface area contributed by atoms with Gasteiger partial charge in [0.15, 0.2) is 5.96 Å². The number of carbonyl (C=O) groups excluding carboxylic acids is 1. The van der Waals surface area contributed by atoms with Gasteiger partial charge in [-0.1, -0.05) is 18.2 Å².